The van der Waals surface area contributed by atoms with Crippen LogP contribution in [0, 0.1) is 0 Å². The number of guanidine groups is 1. The van der Waals surface area contributed by atoms with Gasteiger partial charge in [-0.3, -0.25) is 4.99 Å². The van der Waals surface area contributed by atoms with Gasteiger partial charge in [0.15, 0.2) is 5.96 Å². The number of allylic oxidation sites excluding steroid dienone is 1. The van der Waals surface area contributed by atoms with Crippen molar-refractivity contribution in [2.45, 2.75) is 57.9 Å². The predicted octanol–water partition coefficient (Wildman–Crippen LogP) is 2.41. The third-order valence-corrected chi connectivity index (χ3v) is 4.52. The number of unbranched alkanes of at least 4 members (excludes halogenated alkanes) is 1. The molecule has 0 atom stereocenters. The normalized spacial score (nSPS) is 14.8. The van der Waals surface area contributed by atoms with E-state index < -0.39 is 0 Å². The minimum absolute atomic E-state index is 0.903. The summed E-state index contributed by atoms with van der Waals surface area (Å²) in [5.74, 6) is 3.27. The first-order chi connectivity index (χ1) is 11.8. The Morgan fingerprint density at radius 3 is 3.00 bits per heavy atom. The van der Waals surface area contributed by atoms with E-state index >= 15 is 0 Å². The van der Waals surface area contributed by atoms with E-state index in [1.54, 1.807) is 0 Å². The molecule has 1 aromatic heterocycles. The number of fused-ring (bicyclic) bond motifs is 1. The molecular weight excluding hydrogens is 300 g/mol. The van der Waals surface area contributed by atoms with Crippen LogP contribution in [0.15, 0.2) is 17.6 Å². The Morgan fingerprint density at radius 1 is 1.33 bits per heavy atom. The van der Waals surface area contributed by atoms with Gasteiger partial charge in [0.25, 0.3) is 0 Å². The summed E-state index contributed by atoms with van der Waals surface area (Å²) in [6.07, 6.45) is 11.0. The van der Waals surface area contributed by atoms with Gasteiger partial charge in [-0.05, 0) is 32.1 Å². The molecule has 0 spiro atoms. The molecule has 0 saturated carbocycles. The monoisotopic (exact) mass is 332 g/mol. The largest absolute Gasteiger partial charge is 0.356 e. The third kappa shape index (κ3) is 5.35. The number of rotatable bonds is 8. The Kier molecular flexibility index (Phi) is 7.79. The van der Waals surface area contributed by atoms with E-state index in [4.69, 9.17) is 0 Å². The average molecular weight is 332 g/mol. The molecule has 1 aliphatic rings. The summed E-state index contributed by atoms with van der Waals surface area (Å²) in [4.78, 5) is 6.53. The zero-order chi connectivity index (χ0) is 17.2. The van der Waals surface area contributed by atoms with Crippen LogP contribution in [0.25, 0.3) is 0 Å². The Morgan fingerprint density at radius 2 is 2.21 bits per heavy atom. The zero-order valence-electron chi connectivity index (χ0n) is 15.3. The fourth-order valence-corrected chi connectivity index (χ4v) is 3.14. The standard InChI is InChI=1S/C18H32N6/c1-4-5-8-14-23(3)18(19-2)20-13-10-12-17-22-21-16-11-7-6-9-15-24(16)17/h4H,1,5-15H2,2-3H3,(H,19,20). The summed E-state index contributed by atoms with van der Waals surface area (Å²) >= 11 is 0. The average Bonchev–Trinajstić information content (AvgIpc) is 2.81. The third-order valence-electron chi connectivity index (χ3n) is 4.52. The highest BCUT2D eigenvalue weighted by molar-refractivity contribution is 5.79. The molecule has 1 aliphatic heterocycles. The van der Waals surface area contributed by atoms with Gasteiger partial charge in [-0.2, -0.15) is 0 Å². The zero-order valence-corrected chi connectivity index (χ0v) is 15.3. The van der Waals surface area contributed by atoms with Crippen LogP contribution in [-0.4, -0.2) is 52.8 Å². The summed E-state index contributed by atoms with van der Waals surface area (Å²) in [6.45, 7) is 6.74. The number of nitrogens with one attached hydrogen (secondary N) is 1. The van der Waals surface area contributed by atoms with Gasteiger partial charge in [-0.25, -0.2) is 0 Å². The molecule has 6 nitrogen and oxygen atoms in total. The minimum atomic E-state index is 0.903. The summed E-state index contributed by atoms with van der Waals surface area (Å²) in [5, 5.41) is 12.2. The highest BCUT2D eigenvalue weighted by atomic mass is 15.3. The van der Waals surface area contributed by atoms with Gasteiger partial charge in [0.1, 0.15) is 11.6 Å². The second-order valence-electron chi connectivity index (χ2n) is 6.42. The maximum absolute atomic E-state index is 4.40. The number of aliphatic imine (C=N–C) groups is 1. The fourth-order valence-electron chi connectivity index (χ4n) is 3.14. The molecule has 0 amide bonds. The summed E-state index contributed by atoms with van der Waals surface area (Å²) < 4.78 is 2.34. The Balaban J connectivity index is 1.74. The molecule has 0 saturated heterocycles. The van der Waals surface area contributed by atoms with Gasteiger partial charge in [0.05, 0.1) is 0 Å². The lowest BCUT2D eigenvalue weighted by atomic mass is 10.2. The van der Waals surface area contributed by atoms with Crippen molar-refractivity contribution in [3.05, 3.63) is 24.3 Å². The maximum atomic E-state index is 4.40. The van der Waals surface area contributed by atoms with E-state index in [-0.39, 0.29) is 0 Å². The van der Waals surface area contributed by atoms with Crippen LogP contribution in [0.1, 0.15) is 50.2 Å². The first kappa shape index (κ1) is 18.5. The summed E-state index contributed by atoms with van der Waals surface area (Å²) in [7, 11) is 3.92. The van der Waals surface area contributed by atoms with Crippen molar-refractivity contribution in [3.63, 3.8) is 0 Å². The first-order valence-electron chi connectivity index (χ1n) is 9.20. The van der Waals surface area contributed by atoms with Crippen molar-refractivity contribution in [2.75, 3.05) is 27.2 Å². The second-order valence-corrected chi connectivity index (χ2v) is 6.42. The minimum Gasteiger partial charge on any atom is -0.356 e. The molecular formula is C18H32N6. The van der Waals surface area contributed by atoms with Crippen molar-refractivity contribution in [1.29, 1.82) is 0 Å². The molecule has 0 fully saturated rings. The van der Waals surface area contributed by atoms with Gasteiger partial charge in [0.2, 0.25) is 0 Å². The summed E-state index contributed by atoms with van der Waals surface area (Å²) in [5.41, 5.74) is 0. The van der Waals surface area contributed by atoms with E-state index in [0.29, 0.717) is 0 Å². The van der Waals surface area contributed by atoms with Crippen molar-refractivity contribution >= 4 is 5.96 Å². The number of aryl methyl sites for hydroxylation is 2. The predicted molar refractivity (Wildman–Crippen MR) is 99.3 cm³/mol. The molecule has 1 aromatic rings. The van der Waals surface area contributed by atoms with Gasteiger partial charge in [-0.15, -0.1) is 16.8 Å². The van der Waals surface area contributed by atoms with Gasteiger partial charge in [0, 0.05) is 46.6 Å². The Labute approximate surface area is 146 Å². The van der Waals surface area contributed by atoms with Crippen molar-refractivity contribution < 1.29 is 0 Å². The van der Waals surface area contributed by atoms with Crippen LogP contribution in [0.3, 0.4) is 0 Å². The Bertz CT molecular complexity index is 534. The van der Waals surface area contributed by atoms with Gasteiger partial charge >= 0.3 is 0 Å². The number of hydrogen-bond donors (Lipinski definition) is 1. The molecule has 0 aliphatic carbocycles. The lowest BCUT2D eigenvalue weighted by molar-refractivity contribution is 0.468. The topological polar surface area (TPSA) is 58.3 Å². The van der Waals surface area contributed by atoms with Crippen LogP contribution in [0.2, 0.25) is 0 Å². The SMILES string of the molecule is C=CCCCN(C)C(=NC)NCCCc1nnc2n1CCCCC2. The Hall–Kier alpha value is -1.85. The maximum Gasteiger partial charge on any atom is 0.193 e. The molecule has 0 aromatic carbocycles. The quantitative estimate of drug-likeness (QED) is 0.344. The van der Waals surface area contributed by atoms with Crippen molar-refractivity contribution in [2.24, 2.45) is 4.99 Å². The van der Waals surface area contributed by atoms with Gasteiger partial charge in [-0.1, -0.05) is 12.5 Å². The van der Waals surface area contributed by atoms with Crippen LogP contribution >= 0.6 is 0 Å². The van der Waals surface area contributed by atoms with Crippen molar-refractivity contribution in [3.8, 4) is 0 Å². The highest BCUT2D eigenvalue weighted by Crippen LogP contribution is 2.15. The molecule has 6 heteroatoms. The smallest absolute Gasteiger partial charge is 0.193 e. The van der Waals surface area contributed by atoms with Crippen LogP contribution in [-0.2, 0) is 19.4 Å². The van der Waals surface area contributed by atoms with Gasteiger partial charge < -0.3 is 14.8 Å². The fraction of sp³-hybridized carbons (Fsp3) is 0.722. The van der Waals surface area contributed by atoms with Crippen LogP contribution in [0.4, 0.5) is 0 Å². The molecule has 0 unspecified atom stereocenters. The lowest BCUT2D eigenvalue weighted by Crippen LogP contribution is -2.39. The molecule has 0 bridgehead atoms. The molecule has 1 N–H and O–H groups in total. The van der Waals surface area contributed by atoms with Crippen LogP contribution < -0.4 is 5.32 Å². The molecule has 134 valence electrons. The molecule has 24 heavy (non-hydrogen) atoms. The van der Waals surface area contributed by atoms with Crippen molar-refractivity contribution in [1.82, 2.24) is 25.0 Å². The lowest BCUT2D eigenvalue weighted by Gasteiger charge is -2.21. The molecule has 0 radical (unpaired) electrons. The number of hydrogen-bond acceptors (Lipinski definition) is 3. The highest BCUT2D eigenvalue weighted by Gasteiger charge is 2.14. The van der Waals surface area contributed by atoms with E-state index in [2.05, 4.69) is 43.6 Å². The first-order valence-corrected chi connectivity index (χ1v) is 9.20. The van der Waals surface area contributed by atoms with E-state index in [1.807, 2.05) is 13.1 Å². The molecule has 2 rings (SSSR count). The van der Waals surface area contributed by atoms with E-state index in [0.717, 1.165) is 63.5 Å². The molecule has 2 heterocycles. The summed E-state index contributed by atoms with van der Waals surface area (Å²) in [6, 6.07) is 0. The van der Waals surface area contributed by atoms with E-state index in [1.165, 1.54) is 25.1 Å². The second kappa shape index (κ2) is 10.1. The number of nitrogens with zero attached hydrogens (tertiary/aromatic N) is 5. The van der Waals surface area contributed by atoms with Crippen LogP contribution in [0.5, 0.6) is 0 Å². The number of aromatic nitrogens is 3. The van der Waals surface area contributed by atoms with E-state index in [9.17, 15) is 0 Å².